The van der Waals surface area contributed by atoms with Crippen molar-refractivity contribution >= 4 is 27.7 Å². The number of hydrogen-bond donors (Lipinski definition) is 1. The molecule has 1 aromatic carbocycles. The smallest absolute Gasteiger partial charge is 0.0757 e. The van der Waals surface area contributed by atoms with E-state index in [-0.39, 0.29) is 6.04 Å². The van der Waals surface area contributed by atoms with E-state index in [2.05, 4.69) is 75.4 Å². The van der Waals surface area contributed by atoms with Crippen LogP contribution in [0.25, 0.3) is 0 Å². The van der Waals surface area contributed by atoms with E-state index in [1.807, 2.05) is 13.2 Å². The van der Waals surface area contributed by atoms with Crippen LogP contribution in [-0.4, -0.2) is 23.1 Å². The van der Waals surface area contributed by atoms with Crippen molar-refractivity contribution in [1.82, 2.24) is 15.1 Å². The second-order valence-corrected chi connectivity index (χ2v) is 6.64. The van der Waals surface area contributed by atoms with Gasteiger partial charge in [-0.3, -0.25) is 4.68 Å². The number of nitrogens with one attached hydrogen (secondary N) is 1. The fourth-order valence-corrected chi connectivity index (χ4v) is 3.20. The van der Waals surface area contributed by atoms with E-state index in [9.17, 15) is 0 Å². The van der Waals surface area contributed by atoms with Gasteiger partial charge in [-0.25, -0.2) is 0 Å². The first-order chi connectivity index (χ1) is 9.58. The van der Waals surface area contributed by atoms with Gasteiger partial charge in [0.2, 0.25) is 0 Å². The molecule has 1 unspecified atom stereocenters. The summed E-state index contributed by atoms with van der Waals surface area (Å²) in [6.45, 7) is 4.29. The van der Waals surface area contributed by atoms with Crippen molar-refractivity contribution in [2.24, 2.45) is 0 Å². The third-order valence-corrected chi connectivity index (χ3v) is 4.64. The number of hydrogen-bond acceptors (Lipinski definition) is 3. The molecule has 0 fully saturated rings. The van der Waals surface area contributed by atoms with Gasteiger partial charge in [0.25, 0.3) is 0 Å². The van der Waals surface area contributed by atoms with Gasteiger partial charge < -0.3 is 5.32 Å². The Morgan fingerprint density at radius 1 is 1.25 bits per heavy atom. The quantitative estimate of drug-likeness (QED) is 0.814. The molecule has 1 atom stereocenters. The third-order valence-electron chi connectivity index (χ3n) is 3.29. The molecule has 1 aromatic heterocycles. The highest BCUT2D eigenvalue weighted by Crippen LogP contribution is 2.31. The highest BCUT2D eigenvalue weighted by molar-refractivity contribution is 9.10. The van der Waals surface area contributed by atoms with Crippen LogP contribution < -0.4 is 5.32 Å². The predicted molar refractivity (Wildman–Crippen MR) is 89.4 cm³/mol. The van der Waals surface area contributed by atoms with E-state index in [4.69, 9.17) is 0 Å². The third kappa shape index (κ3) is 3.10. The van der Waals surface area contributed by atoms with E-state index < -0.39 is 0 Å². The first-order valence-corrected chi connectivity index (χ1v) is 8.64. The van der Waals surface area contributed by atoms with Crippen LogP contribution in [0.5, 0.6) is 0 Å². The summed E-state index contributed by atoms with van der Waals surface area (Å²) in [7, 11) is 1.98. The molecule has 108 valence electrons. The van der Waals surface area contributed by atoms with Gasteiger partial charge in [0, 0.05) is 10.9 Å². The van der Waals surface area contributed by atoms with Crippen molar-refractivity contribution in [3.8, 4) is 0 Å². The molecule has 0 aliphatic heterocycles. The van der Waals surface area contributed by atoms with Gasteiger partial charge in [0.1, 0.15) is 0 Å². The summed E-state index contributed by atoms with van der Waals surface area (Å²) >= 11 is 5.38. The standard InChI is InChI=1S/C15H20BrN3S/c1-10(2)19-15(13(16)9-18-19)14(17-3)11-5-7-12(20-4)8-6-11/h5-10,14,17H,1-4H3. The number of benzene rings is 1. The van der Waals surface area contributed by atoms with Crippen molar-refractivity contribution in [3.63, 3.8) is 0 Å². The van der Waals surface area contributed by atoms with Crippen LogP contribution in [0.4, 0.5) is 0 Å². The van der Waals surface area contributed by atoms with Crippen LogP contribution in [0.1, 0.15) is 37.2 Å². The number of halogens is 1. The average molecular weight is 354 g/mol. The molecular formula is C15H20BrN3S. The van der Waals surface area contributed by atoms with Crippen LogP contribution in [0, 0.1) is 0 Å². The minimum Gasteiger partial charge on any atom is -0.308 e. The summed E-state index contributed by atoms with van der Waals surface area (Å²) in [4.78, 5) is 1.28. The van der Waals surface area contributed by atoms with Crippen LogP contribution in [0.3, 0.4) is 0 Å². The molecule has 0 spiro atoms. The van der Waals surface area contributed by atoms with Crippen LogP contribution >= 0.6 is 27.7 Å². The van der Waals surface area contributed by atoms with Gasteiger partial charge in [-0.1, -0.05) is 12.1 Å². The summed E-state index contributed by atoms with van der Waals surface area (Å²) < 4.78 is 3.10. The fraction of sp³-hybridized carbons (Fsp3) is 0.400. The molecule has 0 radical (unpaired) electrons. The lowest BCUT2D eigenvalue weighted by molar-refractivity contribution is 0.483. The van der Waals surface area contributed by atoms with E-state index >= 15 is 0 Å². The maximum absolute atomic E-state index is 4.47. The molecule has 3 nitrogen and oxygen atoms in total. The molecule has 0 amide bonds. The Labute approximate surface area is 133 Å². The Morgan fingerprint density at radius 3 is 2.40 bits per heavy atom. The number of thioether (sulfide) groups is 1. The van der Waals surface area contributed by atoms with Gasteiger partial charge in [0.15, 0.2) is 0 Å². The van der Waals surface area contributed by atoms with Crippen LogP contribution in [0.15, 0.2) is 39.8 Å². The van der Waals surface area contributed by atoms with Crippen LogP contribution in [0.2, 0.25) is 0 Å². The van der Waals surface area contributed by atoms with Gasteiger partial charge in [-0.2, -0.15) is 5.10 Å². The molecule has 1 N–H and O–H groups in total. The lowest BCUT2D eigenvalue weighted by Gasteiger charge is -2.21. The summed E-state index contributed by atoms with van der Waals surface area (Å²) in [6.07, 6.45) is 3.96. The van der Waals surface area contributed by atoms with Gasteiger partial charge in [-0.05, 0) is 60.8 Å². The Hall–Kier alpha value is -0.780. The number of nitrogens with zero attached hydrogens (tertiary/aromatic N) is 2. The predicted octanol–water partition coefficient (Wildman–Crippen LogP) is 4.26. The minimum atomic E-state index is 0.130. The maximum Gasteiger partial charge on any atom is 0.0757 e. The van der Waals surface area contributed by atoms with E-state index in [0.29, 0.717) is 6.04 Å². The highest BCUT2D eigenvalue weighted by atomic mass is 79.9. The average Bonchev–Trinajstić information content (AvgIpc) is 2.83. The molecule has 0 aliphatic rings. The lowest BCUT2D eigenvalue weighted by atomic mass is 10.0. The molecule has 20 heavy (non-hydrogen) atoms. The van der Waals surface area contributed by atoms with Gasteiger partial charge in [-0.15, -0.1) is 11.8 Å². The molecular weight excluding hydrogens is 334 g/mol. The topological polar surface area (TPSA) is 29.9 Å². The van der Waals surface area contributed by atoms with E-state index in [1.54, 1.807) is 11.8 Å². The molecule has 2 aromatic rings. The SMILES string of the molecule is CNC(c1ccc(SC)cc1)c1c(Br)cnn1C(C)C. The normalized spacial score (nSPS) is 12.9. The molecule has 5 heteroatoms. The van der Waals surface area contributed by atoms with Gasteiger partial charge >= 0.3 is 0 Å². The Kier molecular flexibility index (Phi) is 5.29. The first kappa shape index (κ1) is 15.6. The summed E-state index contributed by atoms with van der Waals surface area (Å²) in [5, 5.41) is 7.87. The largest absolute Gasteiger partial charge is 0.308 e. The zero-order chi connectivity index (χ0) is 14.7. The van der Waals surface area contributed by atoms with E-state index in [1.165, 1.54) is 16.2 Å². The molecule has 2 rings (SSSR count). The van der Waals surface area contributed by atoms with Gasteiger partial charge in [0.05, 0.1) is 22.4 Å². The van der Waals surface area contributed by atoms with E-state index in [0.717, 1.165) is 4.47 Å². The fourth-order valence-electron chi connectivity index (χ4n) is 2.29. The zero-order valence-electron chi connectivity index (χ0n) is 12.2. The molecule has 0 saturated carbocycles. The highest BCUT2D eigenvalue weighted by Gasteiger charge is 2.21. The summed E-state index contributed by atoms with van der Waals surface area (Å²) in [5.41, 5.74) is 2.41. The van der Waals surface area contributed by atoms with Crippen molar-refractivity contribution in [1.29, 1.82) is 0 Å². The number of aromatic nitrogens is 2. The monoisotopic (exact) mass is 353 g/mol. The Bertz CT molecular complexity index is 563. The van der Waals surface area contributed by atoms with Crippen molar-refractivity contribution < 1.29 is 0 Å². The second-order valence-electron chi connectivity index (χ2n) is 4.91. The number of rotatable bonds is 5. The second kappa shape index (κ2) is 6.78. The van der Waals surface area contributed by atoms with Crippen molar-refractivity contribution in [3.05, 3.63) is 46.2 Å². The van der Waals surface area contributed by atoms with Crippen molar-refractivity contribution in [2.75, 3.05) is 13.3 Å². The summed E-state index contributed by atoms with van der Waals surface area (Å²) in [6, 6.07) is 9.14. The van der Waals surface area contributed by atoms with Crippen LogP contribution in [-0.2, 0) is 0 Å². The molecule has 0 saturated heterocycles. The maximum atomic E-state index is 4.47. The Morgan fingerprint density at radius 2 is 1.90 bits per heavy atom. The molecule has 0 aliphatic carbocycles. The summed E-state index contributed by atoms with van der Waals surface area (Å²) in [5.74, 6) is 0. The minimum absolute atomic E-state index is 0.130. The zero-order valence-corrected chi connectivity index (χ0v) is 14.6. The Balaban J connectivity index is 2.43. The molecule has 0 bridgehead atoms. The molecule has 1 heterocycles. The van der Waals surface area contributed by atoms with Crippen molar-refractivity contribution in [2.45, 2.75) is 30.8 Å². The first-order valence-electron chi connectivity index (χ1n) is 6.62. The lowest BCUT2D eigenvalue weighted by Crippen LogP contribution is -2.22.